The van der Waals surface area contributed by atoms with Crippen molar-refractivity contribution in [3.05, 3.63) is 29.8 Å². The van der Waals surface area contributed by atoms with Crippen LogP contribution in [0.4, 0.5) is 8.78 Å². The number of benzene rings is 1. The molecule has 1 rings (SSSR count). The number of esters is 1. The molecule has 0 bridgehead atoms. The summed E-state index contributed by atoms with van der Waals surface area (Å²) in [4.78, 5) is 11.3. The van der Waals surface area contributed by atoms with E-state index in [9.17, 15) is 26.5 Å². The highest BCUT2D eigenvalue weighted by atomic mass is 32.2. The minimum atomic E-state index is -5.87. The fraction of sp³-hybridized carbons (Fsp3) is 0.222. The first-order valence-corrected chi connectivity index (χ1v) is 5.90. The van der Waals surface area contributed by atoms with Crippen molar-refractivity contribution < 1.29 is 31.3 Å². The Morgan fingerprint density at radius 1 is 1.44 bits per heavy atom. The summed E-state index contributed by atoms with van der Waals surface area (Å²) in [5.74, 6) is -1.20. The van der Waals surface area contributed by atoms with Crippen LogP contribution in [-0.2, 0) is 14.9 Å². The Hall–Kier alpha value is -1.48. The highest BCUT2D eigenvalue weighted by molar-refractivity contribution is 7.86. The molecule has 1 aromatic rings. The topological polar surface area (TPSA) is 83.5 Å². The van der Waals surface area contributed by atoms with E-state index in [1.165, 1.54) is 18.2 Å². The second-order valence-corrected chi connectivity index (χ2v) is 4.80. The fourth-order valence-electron chi connectivity index (χ4n) is 0.971. The quantitative estimate of drug-likeness (QED) is 0.430. The summed E-state index contributed by atoms with van der Waals surface area (Å²) in [5, 5.41) is -4.66. The number of hydrogen-bond donors (Lipinski definition) is 0. The predicted molar refractivity (Wildman–Crippen MR) is 56.8 cm³/mol. The fourth-order valence-corrected chi connectivity index (χ4v) is 1.17. The Kier molecular flexibility index (Phi) is 4.07. The average molecular weight is 275 g/mol. The van der Waals surface area contributed by atoms with Crippen molar-refractivity contribution in [3.8, 4) is 0 Å². The molecule has 0 aromatic heterocycles. The molecule has 0 aliphatic heterocycles. The van der Waals surface area contributed by atoms with Crippen molar-refractivity contribution in [2.75, 3.05) is 6.61 Å². The predicted octanol–water partition coefficient (Wildman–Crippen LogP) is -0.225. The zero-order chi connectivity index (χ0) is 14.0. The summed E-state index contributed by atoms with van der Waals surface area (Å²) >= 11 is 0. The summed E-state index contributed by atoms with van der Waals surface area (Å²) in [6.07, 6.45) is 0. The van der Waals surface area contributed by atoms with Crippen molar-refractivity contribution in [1.29, 1.82) is 0 Å². The average Bonchev–Trinajstić information content (AvgIpc) is 2.24. The van der Waals surface area contributed by atoms with E-state index in [0.717, 1.165) is 6.07 Å². The Morgan fingerprint density at radius 3 is 2.56 bits per heavy atom. The summed E-state index contributed by atoms with van der Waals surface area (Å²) < 4.78 is 59.8. The maximum atomic E-state index is 12.7. The van der Waals surface area contributed by atoms with Crippen molar-refractivity contribution in [3.63, 3.8) is 0 Å². The molecule has 0 aliphatic carbocycles. The van der Waals surface area contributed by atoms with Gasteiger partial charge in [-0.3, -0.25) is 0 Å². The Labute approximate surface area is 103 Å². The van der Waals surface area contributed by atoms with Crippen LogP contribution in [0.2, 0.25) is 0 Å². The van der Waals surface area contributed by atoms with Crippen LogP contribution in [0.15, 0.2) is 24.3 Å². The van der Waals surface area contributed by atoms with Gasteiger partial charge in [0.25, 0.3) is 0 Å². The zero-order valence-corrected chi connectivity index (χ0v) is 9.62. The molecule has 5 nitrogen and oxygen atoms in total. The van der Waals surface area contributed by atoms with E-state index in [-0.39, 0.29) is 11.0 Å². The number of hydrogen-bond acceptors (Lipinski definition) is 5. The van der Waals surface area contributed by atoms with E-state index >= 15 is 0 Å². The van der Waals surface area contributed by atoms with Gasteiger partial charge in [-0.05, 0) is 6.07 Å². The van der Waals surface area contributed by atoms with E-state index in [4.69, 9.17) is 7.85 Å². The van der Waals surface area contributed by atoms with Gasteiger partial charge in [-0.25, -0.2) is 13.2 Å². The molecule has 0 amide bonds. The molecule has 0 N–H and O–H groups in total. The standard InChI is InChI=1S/C9H7BF2O5S/c10-7-3-1-2-6(4-7)8(13)17-5-9(11,12)18(14,15)16/h1-4H,5H2,(H,14,15,16)/p-1. The van der Waals surface area contributed by atoms with Gasteiger partial charge >= 0.3 is 11.2 Å². The molecule has 0 unspecified atom stereocenters. The monoisotopic (exact) mass is 275 g/mol. The molecular weight excluding hydrogens is 269 g/mol. The van der Waals surface area contributed by atoms with Crippen LogP contribution in [0, 0.1) is 0 Å². The molecule has 0 saturated carbocycles. The smallest absolute Gasteiger partial charge is 0.367 e. The third kappa shape index (κ3) is 3.51. The molecule has 18 heavy (non-hydrogen) atoms. The first-order chi connectivity index (χ1) is 8.13. The van der Waals surface area contributed by atoms with Crippen molar-refractivity contribution in [1.82, 2.24) is 0 Å². The molecule has 0 spiro atoms. The van der Waals surface area contributed by atoms with E-state index in [0.29, 0.717) is 0 Å². The van der Waals surface area contributed by atoms with Gasteiger partial charge in [0.2, 0.25) is 0 Å². The first-order valence-electron chi connectivity index (χ1n) is 4.49. The summed E-state index contributed by atoms with van der Waals surface area (Å²) in [5.41, 5.74) is 0.0711. The Morgan fingerprint density at radius 2 is 2.06 bits per heavy atom. The number of alkyl halides is 2. The van der Waals surface area contributed by atoms with E-state index in [2.05, 4.69) is 4.74 Å². The van der Waals surface area contributed by atoms with Crippen LogP contribution in [0.25, 0.3) is 0 Å². The second-order valence-electron chi connectivity index (χ2n) is 3.29. The van der Waals surface area contributed by atoms with Crippen molar-refractivity contribution >= 4 is 29.4 Å². The number of rotatable bonds is 4. The van der Waals surface area contributed by atoms with Gasteiger partial charge < -0.3 is 9.29 Å². The summed E-state index contributed by atoms with van der Waals surface area (Å²) in [6, 6.07) is 5.23. The minimum absolute atomic E-state index is 0.130. The lowest BCUT2D eigenvalue weighted by atomic mass is 9.94. The molecule has 96 valence electrons. The van der Waals surface area contributed by atoms with E-state index in [1.807, 2.05) is 0 Å². The molecule has 0 heterocycles. The maximum absolute atomic E-state index is 12.7. The largest absolute Gasteiger partial charge is 0.743 e. The molecular formula is C9H6BF2O5S-. The third-order valence-electron chi connectivity index (χ3n) is 1.86. The van der Waals surface area contributed by atoms with Gasteiger partial charge in [0.15, 0.2) is 16.7 Å². The van der Waals surface area contributed by atoms with E-state index < -0.39 is 27.9 Å². The SMILES string of the molecule is [B]c1cccc(C(=O)OCC(F)(F)S(=O)(=O)[O-])c1. The highest BCUT2D eigenvalue weighted by Crippen LogP contribution is 2.20. The Balaban J connectivity index is 2.74. The van der Waals surface area contributed by atoms with Gasteiger partial charge in [0, 0.05) is 0 Å². The molecule has 0 atom stereocenters. The molecule has 2 radical (unpaired) electrons. The normalized spacial score (nSPS) is 12.2. The van der Waals surface area contributed by atoms with Gasteiger partial charge in [-0.15, -0.1) is 0 Å². The van der Waals surface area contributed by atoms with Crippen LogP contribution in [0.3, 0.4) is 0 Å². The van der Waals surface area contributed by atoms with Gasteiger partial charge in [-0.2, -0.15) is 8.78 Å². The molecule has 0 saturated heterocycles. The lowest BCUT2D eigenvalue weighted by Gasteiger charge is -2.19. The van der Waals surface area contributed by atoms with Crippen LogP contribution >= 0.6 is 0 Å². The van der Waals surface area contributed by atoms with Crippen LogP contribution < -0.4 is 5.46 Å². The maximum Gasteiger partial charge on any atom is 0.367 e. The first kappa shape index (κ1) is 14.6. The summed E-state index contributed by atoms with van der Waals surface area (Å²) in [7, 11) is -0.528. The number of carbonyl (C=O) groups excluding carboxylic acids is 1. The van der Waals surface area contributed by atoms with E-state index in [1.54, 1.807) is 0 Å². The van der Waals surface area contributed by atoms with Gasteiger partial charge in [-0.1, -0.05) is 23.7 Å². The minimum Gasteiger partial charge on any atom is -0.743 e. The Bertz CT molecular complexity index is 558. The van der Waals surface area contributed by atoms with Gasteiger partial charge in [0.1, 0.15) is 7.85 Å². The lowest BCUT2D eigenvalue weighted by Crippen LogP contribution is -2.34. The number of carbonyl (C=O) groups is 1. The molecule has 9 heteroatoms. The zero-order valence-electron chi connectivity index (χ0n) is 8.80. The van der Waals surface area contributed by atoms with Gasteiger partial charge in [0.05, 0.1) is 5.56 Å². The summed E-state index contributed by atoms with van der Waals surface area (Å²) in [6.45, 7) is -1.84. The van der Waals surface area contributed by atoms with Crippen LogP contribution in [0.5, 0.6) is 0 Å². The second kappa shape index (κ2) is 5.03. The van der Waals surface area contributed by atoms with Crippen molar-refractivity contribution in [2.24, 2.45) is 0 Å². The highest BCUT2D eigenvalue weighted by Gasteiger charge is 2.39. The van der Waals surface area contributed by atoms with Crippen LogP contribution in [-0.4, -0.2) is 38.6 Å². The molecule has 0 aliphatic rings. The number of ether oxygens (including phenoxy) is 1. The third-order valence-corrected chi connectivity index (χ3v) is 2.71. The van der Waals surface area contributed by atoms with Crippen molar-refractivity contribution in [2.45, 2.75) is 5.25 Å². The lowest BCUT2D eigenvalue weighted by molar-refractivity contribution is -0.00996. The molecule has 0 fully saturated rings. The number of halogens is 2. The molecule has 1 aromatic carbocycles. The van der Waals surface area contributed by atoms with Crippen LogP contribution in [0.1, 0.15) is 10.4 Å².